The van der Waals surface area contributed by atoms with E-state index in [0.29, 0.717) is 12.4 Å². The number of methoxy groups -OCH3 is 2. The third kappa shape index (κ3) is 4.94. The zero-order chi connectivity index (χ0) is 18.9. The van der Waals surface area contributed by atoms with E-state index in [1.165, 1.54) is 0 Å². The third-order valence-electron chi connectivity index (χ3n) is 3.22. The average Bonchev–Trinajstić information content (AvgIpc) is 3.12. The Kier molecular flexibility index (Phi) is 6.49. The minimum absolute atomic E-state index is 0.0781. The number of oxime groups is 1. The number of carbonyl (C=O) groups excluding carboxylic acids is 2. The lowest BCUT2D eigenvalue weighted by molar-refractivity contribution is -0.142. The first-order valence-corrected chi connectivity index (χ1v) is 7.49. The zero-order valence-corrected chi connectivity index (χ0v) is 14.3. The summed E-state index contributed by atoms with van der Waals surface area (Å²) in [5.41, 5.74) is 6.94. The second-order valence-electron chi connectivity index (χ2n) is 4.96. The summed E-state index contributed by atoms with van der Waals surface area (Å²) < 4.78 is 10.7. The van der Waals surface area contributed by atoms with Crippen LogP contribution in [0.15, 0.2) is 59.7 Å². The molecule has 2 aromatic rings. The van der Waals surface area contributed by atoms with Crippen LogP contribution in [-0.4, -0.2) is 41.5 Å². The molecule has 136 valence electrons. The number of rotatable bonds is 7. The van der Waals surface area contributed by atoms with Gasteiger partial charge in [-0.15, -0.1) is 0 Å². The van der Waals surface area contributed by atoms with Crippen molar-refractivity contribution in [3.63, 3.8) is 0 Å². The first-order valence-electron chi connectivity index (χ1n) is 7.49. The van der Waals surface area contributed by atoms with Crippen molar-refractivity contribution < 1.29 is 23.9 Å². The predicted octanol–water partition coefficient (Wildman–Crippen LogP) is 0.798. The fourth-order valence-corrected chi connectivity index (χ4v) is 1.98. The number of carbonyl (C=O) groups is 2. The van der Waals surface area contributed by atoms with Gasteiger partial charge < -0.3 is 24.6 Å². The van der Waals surface area contributed by atoms with Gasteiger partial charge >= 0.3 is 11.9 Å². The van der Waals surface area contributed by atoms with Crippen LogP contribution >= 0.6 is 0 Å². The minimum Gasteiger partial charge on any atom is -0.466 e. The topological polar surface area (TPSA) is 118 Å². The molecule has 0 aliphatic rings. The molecular weight excluding hydrogens is 340 g/mol. The van der Waals surface area contributed by atoms with Gasteiger partial charge in [0.05, 0.1) is 20.3 Å². The van der Waals surface area contributed by atoms with Gasteiger partial charge in [-0.3, -0.25) is 0 Å². The molecule has 1 aromatic heterocycles. The van der Waals surface area contributed by atoms with Crippen LogP contribution in [0.4, 0.5) is 0 Å². The number of ether oxygens (including phenoxy) is 2. The molecule has 26 heavy (non-hydrogen) atoms. The second kappa shape index (κ2) is 9.02. The molecule has 0 atom stereocenters. The van der Waals surface area contributed by atoms with E-state index in [4.69, 9.17) is 10.6 Å². The number of nitrogens with two attached hydrogens (primary N) is 1. The van der Waals surface area contributed by atoms with Crippen LogP contribution < -0.4 is 5.73 Å². The van der Waals surface area contributed by atoms with E-state index in [2.05, 4.69) is 19.6 Å². The highest BCUT2D eigenvalue weighted by Gasteiger charge is 2.16. The molecule has 0 aliphatic carbocycles. The third-order valence-corrected chi connectivity index (χ3v) is 3.22. The average molecular weight is 358 g/mol. The number of esters is 2. The fourth-order valence-electron chi connectivity index (χ4n) is 1.98. The van der Waals surface area contributed by atoms with Crippen molar-refractivity contribution in [1.82, 2.24) is 9.55 Å². The molecule has 9 heteroatoms. The van der Waals surface area contributed by atoms with Gasteiger partial charge in [0.15, 0.2) is 5.82 Å². The number of hydrogen-bond donors (Lipinski definition) is 1. The van der Waals surface area contributed by atoms with E-state index in [0.717, 1.165) is 25.9 Å². The Balaban J connectivity index is 2.19. The molecule has 2 N–H and O–H groups in total. The van der Waals surface area contributed by atoms with Crippen LogP contribution in [0.5, 0.6) is 0 Å². The normalized spacial score (nSPS) is 11.8. The van der Waals surface area contributed by atoms with Crippen molar-refractivity contribution in [2.75, 3.05) is 14.2 Å². The molecule has 1 aromatic carbocycles. The number of benzene rings is 1. The summed E-state index contributed by atoms with van der Waals surface area (Å²) in [5.74, 6) is -1.91. The second-order valence-corrected chi connectivity index (χ2v) is 4.96. The Bertz CT molecular complexity index is 827. The lowest BCUT2D eigenvalue weighted by atomic mass is 10.2. The van der Waals surface area contributed by atoms with E-state index in [9.17, 15) is 9.59 Å². The molecule has 0 fully saturated rings. The quantitative estimate of drug-likeness (QED) is 0.194. The maximum absolute atomic E-state index is 11.6. The van der Waals surface area contributed by atoms with E-state index in [-0.39, 0.29) is 5.84 Å². The van der Waals surface area contributed by atoms with Crippen LogP contribution in [0, 0.1) is 0 Å². The number of nitrogens with zero attached hydrogens (tertiary/aromatic N) is 3. The van der Waals surface area contributed by atoms with Crippen LogP contribution in [0.2, 0.25) is 0 Å². The molecular formula is C17H18N4O5. The number of hydrogen-bond acceptors (Lipinski definition) is 7. The number of imidazole rings is 1. The Morgan fingerprint density at radius 1 is 1.23 bits per heavy atom. The fraction of sp³-hybridized carbons (Fsp3) is 0.176. The summed E-state index contributed by atoms with van der Waals surface area (Å²) in [5, 5.41) is 3.66. The smallest absolute Gasteiger partial charge is 0.377 e. The van der Waals surface area contributed by atoms with Gasteiger partial charge in [-0.1, -0.05) is 35.5 Å². The van der Waals surface area contributed by atoms with Crippen LogP contribution in [0.3, 0.4) is 0 Å². The van der Waals surface area contributed by atoms with E-state index in [1.54, 1.807) is 17.0 Å². The number of aromatic nitrogens is 2. The van der Waals surface area contributed by atoms with Crippen molar-refractivity contribution in [3.8, 4) is 0 Å². The SMILES string of the molecule is COC(=O)/C=C(/O/N=C(\N)c1nccn1Cc1ccccc1)C(=O)OC. The van der Waals surface area contributed by atoms with Crippen molar-refractivity contribution in [3.05, 3.63) is 65.9 Å². The van der Waals surface area contributed by atoms with Crippen LogP contribution in [-0.2, 0) is 30.4 Å². The van der Waals surface area contributed by atoms with Crippen molar-refractivity contribution >= 4 is 17.8 Å². The summed E-state index contributed by atoms with van der Waals surface area (Å²) in [7, 11) is 2.29. The van der Waals surface area contributed by atoms with E-state index in [1.807, 2.05) is 30.3 Å². The molecule has 2 rings (SSSR count). The van der Waals surface area contributed by atoms with Gasteiger partial charge in [0.1, 0.15) is 0 Å². The monoisotopic (exact) mass is 358 g/mol. The highest BCUT2D eigenvalue weighted by Crippen LogP contribution is 2.07. The Morgan fingerprint density at radius 2 is 1.96 bits per heavy atom. The van der Waals surface area contributed by atoms with Gasteiger partial charge in [0.2, 0.25) is 11.6 Å². The maximum Gasteiger partial charge on any atom is 0.377 e. The molecule has 9 nitrogen and oxygen atoms in total. The lowest BCUT2D eigenvalue weighted by Gasteiger charge is -2.08. The van der Waals surface area contributed by atoms with Gasteiger partial charge in [-0.05, 0) is 5.56 Å². The summed E-state index contributed by atoms with van der Waals surface area (Å²) in [6.45, 7) is 0.522. The largest absolute Gasteiger partial charge is 0.466 e. The summed E-state index contributed by atoms with van der Waals surface area (Å²) >= 11 is 0. The molecule has 0 saturated carbocycles. The van der Waals surface area contributed by atoms with E-state index < -0.39 is 17.7 Å². The Hall–Kier alpha value is -3.62. The van der Waals surface area contributed by atoms with Crippen LogP contribution in [0.25, 0.3) is 0 Å². The summed E-state index contributed by atoms with van der Waals surface area (Å²) in [4.78, 5) is 32.0. The standard InChI is InChI=1S/C17H18N4O5/c1-24-14(22)10-13(17(23)25-2)26-20-15(18)16-19-8-9-21(16)11-12-6-4-3-5-7-12/h3-10H,11H2,1-2H3,(H2,18,20)/b13-10+. The van der Waals surface area contributed by atoms with Gasteiger partial charge in [0, 0.05) is 18.9 Å². The van der Waals surface area contributed by atoms with Crippen molar-refractivity contribution in [2.45, 2.75) is 6.54 Å². The molecule has 0 unspecified atom stereocenters. The van der Waals surface area contributed by atoms with Gasteiger partial charge in [0.25, 0.3) is 0 Å². The van der Waals surface area contributed by atoms with Crippen LogP contribution in [0.1, 0.15) is 11.4 Å². The molecule has 0 saturated heterocycles. The van der Waals surface area contributed by atoms with Gasteiger partial charge in [-0.25, -0.2) is 14.6 Å². The number of amidine groups is 1. The molecule has 0 aliphatic heterocycles. The predicted molar refractivity (Wildman–Crippen MR) is 91.7 cm³/mol. The van der Waals surface area contributed by atoms with E-state index >= 15 is 0 Å². The molecule has 1 heterocycles. The zero-order valence-electron chi connectivity index (χ0n) is 14.3. The lowest BCUT2D eigenvalue weighted by Crippen LogP contribution is -2.21. The highest BCUT2D eigenvalue weighted by atomic mass is 16.7. The molecule has 0 amide bonds. The summed E-state index contributed by atoms with van der Waals surface area (Å²) in [6, 6.07) is 9.69. The molecule has 0 spiro atoms. The maximum atomic E-state index is 11.6. The minimum atomic E-state index is -0.903. The van der Waals surface area contributed by atoms with Gasteiger partial charge in [-0.2, -0.15) is 0 Å². The van der Waals surface area contributed by atoms with Crippen molar-refractivity contribution in [2.24, 2.45) is 10.9 Å². The first-order chi connectivity index (χ1) is 12.5. The summed E-state index contributed by atoms with van der Waals surface area (Å²) in [6.07, 6.45) is 4.10. The Labute approximate surface area is 149 Å². The first kappa shape index (κ1) is 18.7. The molecule has 0 radical (unpaired) electrons. The molecule has 0 bridgehead atoms. The Morgan fingerprint density at radius 3 is 2.62 bits per heavy atom. The van der Waals surface area contributed by atoms with Crippen molar-refractivity contribution in [1.29, 1.82) is 0 Å². The highest BCUT2D eigenvalue weighted by molar-refractivity contribution is 5.96.